The number of rotatable bonds is 6. The summed E-state index contributed by atoms with van der Waals surface area (Å²) in [6, 6.07) is 5.28. The van der Waals surface area contributed by atoms with Crippen LogP contribution in [0.15, 0.2) is 30.6 Å². The quantitative estimate of drug-likeness (QED) is 0.437. The van der Waals surface area contributed by atoms with Gasteiger partial charge in [0.05, 0.1) is 17.9 Å². The van der Waals surface area contributed by atoms with Crippen LogP contribution in [0.3, 0.4) is 0 Å². The third-order valence-corrected chi connectivity index (χ3v) is 6.52. The number of carbonyl (C=O) groups is 2. The van der Waals surface area contributed by atoms with Crippen molar-refractivity contribution in [3.63, 3.8) is 0 Å². The molecule has 0 radical (unpaired) electrons. The first kappa shape index (κ1) is 22.6. The first-order valence-electron chi connectivity index (χ1n) is 10.8. The lowest BCUT2D eigenvalue weighted by Crippen LogP contribution is -2.38. The van der Waals surface area contributed by atoms with Gasteiger partial charge in [-0.15, -0.1) is 0 Å². The van der Waals surface area contributed by atoms with E-state index >= 15 is 0 Å². The number of amides is 3. The summed E-state index contributed by atoms with van der Waals surface area (Å²) in [5, 5.41) is 23.9. The number of nitrogens with zero attached hydrogens (tertiary/aromatic N) is 4. The monoisotopic (exact) mass is 469 g/mol. The van der Waals surface area contributed by atoms with E-state index in [1.165, 1.54) is 17.5 Å². The summed E-state index contributed by atoms with van der Waals surface area (Å²) in [6.45, 7) is 7.45. The average Bonchev–Trinajstić information content (AvgIpc) is 3.55. The van der Waals surface area contributed by atoms with Gasteiger partial charge in [0.25, 0.3) is 5.91 Å². The second-order valence-corrected chi connectivity index (χ2v) is 8.95. The van der Waals surface area contributed by atoms with E-state index in [-0.39, 0.29) is 23.7 Å². The van der Waals surface area contributed by atoms with Gasteiger partial charge >= 0.3 is 6.03 Å². The Balaban J connectivity index is 1.38. The van der Waals surface area contributed by atoms with Crippen LogP contribution in [0.1, 0.15) is 40.2 Å². The molecule has 1 fully saturated rings. The molecule has 1 aliphatic heterocycles. The van der Waals surface area contributed by atoms with Crippen LogP contribution in [0.4, 0.5) is 21.4 Å². The number of phenolic OH excluding ortho intramolecular Hbond substituents is 1. The molecular formula is C22H27N7O3S. The van der Waals surface area contributed by atoms with E-state index in [4.69, 9.17) is 0 Å². The molecule has 4 rings (SSSR count). The Morgan fingerprint density at radius 3 is 2.88 bits per heavy atom. The molecule has 1 atom stereocenters. The second-order valence-electron chi connectivity index (χ2n) is 7.92. The van der Waals surface area contributed by atoms with Gasteiger partial charge in [-0.3, -0.25) is 9.48 Å². The lowest BCUT2D eigenvalue weighted by atomic mass is 10.1. The van der Waals surface area contributed by atoms with Gasteiger partial charge in [0.15, 0.2) is 10.9 Å². The molecule has 0 saturated carbocycles. The van der Waals surface area contributed by atoms with E-state index in [1.54, 1.807) is 24.0 Å². The van der Waals surface area contributed by atoms with Gasteiger partial charge < -0.3 is 26.0 Å². The fourth-order valence-electron chi connectivity index (χ4n) is 3.76. The highest BCUT2D eigenvalue weighted by Gasteiger charge is 2.27. The number of hydrogen-bond donors (Lipinski definition) is 4. The summed E-state index contributed by atoms with van der Waals surface area (Å²) in [5.41, 5.74) is 2.08. The zero-order valence-electron chi connectivity index (χ0n) is 18.8. The molecule has 1 aromatic carbocycles. The Bertz CT molecular complexity index is 1170. The minimum atomic E-state index is -0.292. The van der Waals surface area contributed by atoms with Crippen LogP contribution in [-0.2, 0) is 0 Å². The number of nitrogens with one attached hydrogen (secondary N) is 3. The maximum atomic E-state index is 12.7. The number of carbonyl (C=O) groups excluding carboxylic acids is 2. The third kappa shape index (κ3) is 4.92. The molecule has 0 unspecified atom stereocenters. The van der Waals surface area contributed by atoms with Gasteiger partial charge in [0, 0.05) is 37.5 Å². The molecule has 3 aromatic rings. The zero-order valence-corrected chi connectivity index (χ0v) is 19.6. The number of urea groups is 1. The van der Waals surface area contributed by atoms with Crippen LogP contribution in [0, 0.1) is 13.8 Å². The van der Waals surface area contributed by atoms with E-state index in [1.807, 2.05) is 30.8 Å². The molecule has 2 aromatic heterocycles. The molecule has 0 aliphatic carbocycles. The molecule has 10 nitrogen and oxygen atoms in total. The van der Waals surface area contributed by atoms with Crippen molar-refractivity contribution in [2.45, 2.75) is 33.2 Å². The normalized spacial score (nSPS) is 15.5. The van der Waals surface area contributed by atoms with Gasteiger partial charge in [-0.05, 0) is 38.8 Å². The Morgan fingerprint density at radius 1 is 1.27 bits per heavy atom. The van der Waals surface area contributed by atoms with E-state index in [0.717, 1.165) is 12.0 Å². The topological polar surface area (TPSA) is 124 Å². The van der Waals surface area contributed by atoms with Crippen molar-refractivity contribution in [1.29, 1.82) is 0 Å². The molecule has 0 spiro atoms. The van der Waals surface area contributed by atoms with Crippen molar-refractivity contribution < 1.29 is 14.7 Å². The lowest BCUT2D eigenvalue weighted by Gasteiger charge is -2.16. The fraction of sp³-hybridized carbons (Fsp3) is 0.364. The van der Waals surface area contributed by atoms with Gasteiger partial charge in [-0.25, -0.2) is 9.78 Å². The molecule has 4 N–H and O–H groups in total. The standard InChI is InChI=1S/C22H27N7O3S/c1-4-23-22(32)28-9-7-15(12-28)29-10-8-18(27-29)25-21-24-11-17(33-21)20(31)26-19-13(2)5-6-16(30)14(19)3/h5-6,8,10-11,15,30H,4,7,9,12H2,1-3H3,(H,23,32)(H,26,31)(H,24,25,27)/t15-/m1/s1. The highest BCUT2D eigenvalue weighted by molar-refractivity contribution is 7.17. The predicted molar refractivity (Wildman–Crippen MR) is 127 cm³/mol. The molecule has 3 amide bonds. The van der Waals surface area contributed by atoms with Crippen molar-refractivity contribution in [3.8, 4) is 5.75 Å². The van der Waals surface area contributed by atoms with Crippen LogP contribution in [0.2, 0.25) is 0 Å². The first-order chi connectivity index (χ1) is 15.9. The van der Waals surface area contributed by atoms with E-state index in [0.29, 0.717) is 46.7 Å². The minimum Gasteiger partial charge on any atom is -0.508 e. The van der Waals surface area contributed by atoms with Gasteiger partial charge in [0.1, 0.15) is 10.6 Å². The van der Waals surface area contributed by atoms with Crippen molar-refractivity contribution >= 4 is 39.9 Å². The van der Waals surface area contributed by atoms with Crippen LogP contribution in [0.5, 0.6) is 5.75 Å². The van der Waals surface area contributed by atoms with Gasteiger partial charge in [0.2, 0.25) is 0 Å². The number of aromatic nitrogens is 3. The van der Waals surface area contributed by atoms with E-state index in [2.05, 4.69) is 26.0 Å². The molecule has 3 heterocycles. The molecule has 1 saturated heterocycles. The summed E-state index contributed by atoms with van der Waals surface area (Å²) in [4.78, 5) is 31.2. The lowest BCUT2D eigenvalue weighted by molar-refractivity contribution is 0.103. The first-order valence-corrected chi connectivity index (χ1v) is 11.6. The Hall–Kier alpha value is -3.60. The number of anilines is 3. The predicted octanol–water partition coefficient (Wildman–Crippen LogP) is 3.63. The number of thiazole rings is 1. The van der Waals surface area contributed by atoms with Crippen LogP contribution in [-0.4, -0.2) is 56.3 Å². The molecule has 174 valence electrons. The molecular weight excluding hydrogens is 442 g/mol. The van der Waals surface area contributed by atoms with Crippen molar-refractivity contribution in [1.82, 2.24) is 25.0 Å². The van der Waals surface area contributed by atoms with Crippen molar-refractivity contribution in [3.05, 3.63) is 46.6 Å². The number of aryl methyl sites for hydroxylation is 1. The molecule has 1 aliphatic rings. The number of likely N-dealkylation sites (tertiary alicyclic amines) is 1. The van der Waals surface area contributed by atoms with E-state index in [9.17, 15) is 14.7 Å². The highest BCUT2D eigenvalue weighted by Crippen LogP contribution is 2.30. The number of hydrogen-bond acceptors (Lipinski definition) is 7. The van der Waals surface area contributed by atoms with Crippen molar-refractivity contribution in [2.24, 2.45) is 0 Å². The summed E-state index contributed by atoms with van der Waals surface area (Å²) in [5.74, 6) is 0.459. The molecule has 11 heteroatoms. The number of benzene rings is 1. The minimum absolute atomic E-state index is 0.0461. The Morgan fingerprint density at radius 2 is 2.09 bits per heavy atom. The SMILES string of the molecule is CCNC(=O)N1CC[C@@H](n2ccc(Nc3ncc(C(=O)Nc4c(C)ccc(O)c4C)s3)n2)C1. The van der Waals surface area contributed by atoms with Crippen LogP contribution < -0.4 is 16.0 Å². The van der Waals surface area contributed by atoms with E-state index < -0.39 is 0 Å². The number of aromatic hydroxyl groups is 1. The third-order valence-electron chi connectivity index (χ3n) is 5.61. The summed E-state index contributed by atoms with van der Waals surface area (Å²) >= 11 is 1.22. The highest BCUT2D eigenvalue weighted by atomic mass is 32.1. The summed E-state index contributed by atoms with van der Waals surface area (Å²) < 4.78 is 1.86. The number of phenols is 1. The van der Waals surface area contributed by atoms with Gasteiger partial charge in [-0.2, -0.15) is 5.10 Å². The summed E-state index contributed by atoms with van der Waals surface area (Å²) in [6.07, 6.45) is 4.23. The Kier molecular flexibility index (Phi) is 6.50. The van der Waals surface area contributed by atoms with Crippen LogP contribution in [0.25, 0.3) is 0 Å². The maximum absolute atomic E-state index is 12.7. The second kappa shape index (κ2) is 9.49. The molecule has 0 bridgehead atoms. The molecule has 33 heavy (non-hydrogen) atoms. The van der Waals surface area contributed by atoms with Crippen molar-refractivity contribution in [2.75, 3.05) is 30.3 Å². The van der Waals surface area contributed by atoms with Gasteiger partial charge in [-0.1, -0.05) is 17.4 Å². The Labute approximate surface area is 195 Å². The smallest absolute Gasteiger partial charge is 0.317 e. The maximum Gasteiger partial charge on any atom is 0.317 e. The zero-order chi connectivity index (χ0) is 23.5. The fourth-order valence-corrected chi connectivity index (χ4v) is 4.48. The summed E-state index contributed by atoms with van der Waals surface area (Å²) in [7, 11) is 0. The van der Waals surface area contributed by atoms with Crippen LogP contribution >= 0.6 is 11.3 Å². The average molecular weight is 470 g/mol. The largest absolute Gasteiger partial charge is 0.508 e.